The number of thiophene rings is 1. The number of benzene rings is 1. The second-order valence-electron chi connectivity index (χ2n) is 8.30. The Labute approximate surface area is 211 Å². The molecule has 176 valence electrons. The molecule has 1 atom stereocenters. The topological polar surface area (TPSA) is 104 Å². The number of halogens is 1. The van der Waals surface area contributed by atoms with E-state index in [9.17, 15) is 4.79 Å². The number of aliphatic imine (C=N–C) groups is 1. The first kappa shape index (κ1) is 23.0. The maximum atomic E-state index is 11.0. The Morgan fingerprint density at radius 3 is 2.71 bits per heavy atom. The minimum atomic E-state index is -0.361. The summed E-state index contributed by atoms with van der Waals surface area (Å²) in [6.45, 7) is 6.47. The van der Waals surface area contributed by atoms with Crippen molar-refractivity contribution in [2.45, 2.75) is 39.8 Å². The number of aromatic nitrogens is 5. The van der Waals surface area contributed by atoms with Gasteiger partial charge in [-0.25, -0.2) is 0 Å². The van der Waals surface area contributed by atoms with Gasteiger partial charge in [-0.05, 0) is 38.5 Å². The molecule has 0 fully saturated rings. The Morgan fingerprint density at radius 2 is 1.97 bits per heavy atom. The van der Waals surface area contributed by atoms with Crippen LogP contribution in [0.25, 0.3) is 5.00 Å². The Balaban J connectivity index is 1.61. The van der Waals surface area contributed by atoms with Gasteiger partial charge in [-0.3, -0.25) is 19.0 Å². The number of rotatable bonds is 4. The first-order chi connectivity index (χ1) is 16.8. The van der Waals surface area contributed by atoms with Crippen molar-refractivity contribution in [3.63, 3.8) is 0 Å². The number of nitrogens with two attached hydrogens (primary N) is 1. The molecule has 1 amide bonds. The second-order valence-corrected chi connectivity index (χ2v) is 9.73. The van der Waals surface area contributed by atoms with Gasteiger partial charge in [0.15, 0.2) is 5.82 Å². The van der Waals surface area contributed by atoms with Crippen molar-refractivity contribution in [2.24, 2.45) is 10.7 Å². The van der Waals surface area contributed by atoms with E-state index in [1.54, 1.807) is 22.2 Å². The van der Waals surface area contributed by atoms with E-state index in [4.69, 9.17) is 22.3 Å². The molecule has 0 spiro atoms. The number of primary amides is 1. The van der Waals surface area contributed by atoms with E-state index in [0.717, 1.165) is 49.5 Å². The fraction of sp³-hybridized carbons (Fsp3) is 0.240. The number of hydrogen-bond acceptors (Lipinski definition) is 6. The van der Waals surface area contributed by atoms with E-state index in [2.05, 4.69) is 38.6 Å². The van der Waals surface area contributed by atoms with Gasteiger partial charge in [-0.15, -0.1) is 21.5 Å². The largest absolute Gasteiger partial charge is 0.370 e. The molecule has 35 heavy (non-hydrogen) atoms. The van der Waals surface area contributed by atoms with Crippen LogP contribution in [0.15, 0.2) is 41.7 Å². The van der Waals surface area contributed by atoms with Crippen LogP contribution in [0, 0.1) is 25.7 Å². The highest BCUT2D eigenvalue weighted by molar-refractivity contribution is 7.15. The van der Waals surface area contributed by atoms with Gasteiger partial charge in [-0.2, -0.15) is 5.10 Å². The number of carbonyl (C=O) groups excluding carboxylic acids is 1. The number of amides is 1. The van der Waals surface area contributed by atoms with E-state index in [-0.39, 0.29) is 18.4 Å². The smallest absolute Gasteiger partial charge is 0.219 e. The zero-order valence-electron chi connectivity index (χ0n) is 19.4. The van der Waals surface area contributed by atoms with Gasteiger partial charge in [0.2, 0.25) is 5.91 Å². The van der Waals surface area contributed by atoms with Crippen molar-refractivity contribution in [1.29, 1.82) is 0 Å². The highest BCUT2D eigenvalue weighted by atomic mass is 35.5. The van der Waals surface area contributed by atoms with Crippen LogP contribution in [0.5, 0.6) is 0 Å². The van der Waals surface area contributed by atoms with E-state index >= 15 is 0 Å². The number of nitrogens with zero attached hydrogens (tertiary/aromatic N) is 6. The average Bonchev–Trinajstić information content (AvgIpc) is 3.50. The van der Waals surface area contributed by atoms with Crippen LogP contribution < -0.4 is 5.73 Å². The highest BCUT2D eigenvalue weighted by Gasteiger charge is 2.29. The summed E-state index contributed by atoms with van der Waals surface area (Å²) < 4.78 is 3.75. The SMILES string of the molecule is Cc1c(C#Cc2cnn(CCC(N)=O)c2)sc2c1C(c1ccc(Cl)cc1)=N[C@@H](C)c1nnc(C)n1-2. The van der Waals surface area contributed by atoms with Crippen molar-refractivity contribution < 1.29 is 4.79 Å². The van der Waals surface area contributed by atoms with Crippen LogP contribution in [0.2, 0.25) is 5.02 Å². The predicted molar refractivity (Wildman–Crippen MR) is 136 cm³/mol. The Bertz CT molecular complexity index is 1530. The fourth-order valence-corrected chi connectivity index (χ4v) is 5.35. The monoisotopic (exact) mass is 503 g/mol. The summed E-state index contributed by atoms with van der Waals surface area (Å²) in [5.74, 6) is 7.75. The van der Waals surface area contributed by atoms with Gasteiger partial charge in [0.1, 0.15) is 16.9 Å². The van der Waals surface area contributed by atoms with Gasteiger partial charge in [0, 0.05) is 35.3 Å². The van der Waals surface area contributed by atoms with Gasteiger partial charge >= 0.3 is 0 Å². The zero-order chi connectivity index (χ0) is 24.7. The van der Waals surface area contributed by atoms with E-state index in [1.807, 2.05) is 44.3 Å². The summed E-state index contributed by atoms with van der Waals surface area (Å²) >= 11 is 7.75. The molecule has 5 rings (SSSR count). The maximum absolute atomic E-state index is 11.0. The molecule has 3 aromatic heterocycles. The van der Waals surface area contributed by atoms with Crippen LogP contribution in [0.1, 0.15) is 58.2 Å². The lowest BCUT2D eigenvalue weighted by atomic mass is 9.99. The Kier molecular flexibility index (Phi) is 6.01. The van der Waals surface area contributed by atoms with E-state index < -0.39 is 0 Å². The Morgan fingerprint density at radius 1 is 1.20 bits per heavy atom. The first-order valence-electron chi connectivity index (χ1n) is 11.0. The molecule has 0 aliphatic carbocycles. The molecule has 0 saturated carbocycles. The van der Waals surface area contributed by atoms with Crippen LogP contribution in [-0.2, 0) is 11.3 Å². The van der Waals surface area contributed by atoms with Crippen molar-refractivity contribution in [1.82, 2.24) is 24.5 Å². The molecule has 0 radical (unpaired) electrons. The molecule has 4 heterocycles. The molecule has 4 aromatic rings. The summed E-state index contributed by atoms with van der Waals surface area (Å²) in [5.41, 5.74) is 9.92. The lowest BCUT2D eigenvalue weighted by molar-refractivity contribution is -0.118. The fourth-order valence-electron chi connectivity index (χ4n) is 4.00. The molecule has 1 aliphatic heterocycles. The zero-order valence-corrected chi connectivity index (χ0v) is 21.0. The van der Waals surface area contributed by atoms with Crippen LogP contribution in [0.3, 0.4) is 0 Å². The third kappa shape index (κ3) is 4.38. The van der Waals surface area contributed by atoms with E-state index in [0.29, 0.717) is 11.6 Å². The minimum absolute atomic E-state index is 0.165. The van der Waals surface area contributed by atoms with Crippen molar-refractivity contribution in [2.75, 3.05) is 0 Å². The summed E-state index contributed by atoms with van der Waals surface area (Å²) in [4.78, 5) is 17.0. The van der Waals surface area contributed by atoms with Crippen LogP contribution in [0.4, 0.5) is 0 Å². The molecular weight excluding hydrogens is 482 g/mol. The molecule has 8 nitrogen and oxygen atoms in total. The average molecular weight is 504 g/mol. The number of hydrogen-bond donors (Lipinski definition) is 1. The standard InChI is InChI=1S/C25H22ClN7OS/c1-14-20(9-4-17-12-28-32(13-17)11-10-21(27)34)35-25-22(14)23(18-5-7-19(26)8-6-18)29-15(2)24-31-30-16(3)33(24)25/h5-8,12-13,15H,10-11H2,1-3H3,(H2,27,34)/t15-/m0/s1. The molecule has 1 aliphatic rings. The minimum Gasteiger partial charge on any atom is -0.370 e. The third-order valence-corrected chi connectivity index (χ3v) is 7.22. The predicted octanol–water partition coefficient (Wildman–Crippen LogP) is 3.98. The summed E-state index contributed by atoms with van der Waals surface area (Å²) in [6.07, 6.45) is 3.73. The second kappa shape index (κ2) is 9.13. The summed E-state index contributed by atoms with van der Waals surface area (Å²) in [5, 5.41) is 14.7. The normalized spacial score (nSPS) is 14.4. The van der Waals surface area contributed by atoms with Gasteiger partial charge in [0.05, 0.1) is 22.3 Å². The van der Waals surface area contributed by atoms with Gasteiger partial charge in [0.25, 0.3) is 0 Å². The maximum Gasteiger partial charge on any atom is 0.219 e. The molecule has 10 heteroatoms. The quantitative estimate of drug-likeness (QED) is 0.425. The van der Waals surface area contributed by atoms with Crippen LogP contribution in [-0.4, -0.2) is 36.2 Å². The van der Waals surface area contributed by atoms with Gasteiger partial charge < -0.3 is 5.73 Å². The molecule has 2 N–H and O–H groups in total. The van der Waals surface area contributed by atoms with Crippen molar-refractivity contribution >= 4 is 34.6 Å². The van der Waals surface area contributed by atoms with Gasteiger partial charge in [-0.1, -0.05) is 35.6 Å². The highest BCUT2D eigenvalue weighted by Crippen LogP contribution is 2.38. The molecule has 0 saturated heterocycles. The Hall–Kier alpha value is -3.74. The molecule has 0 bridgehead atoms. The molecule has 0 unspecified atom stereocenters. The molecule has 1 aromatic carbocycles. The van der Waals surface area contributed by atoms with Crippen LogP contribution >= 0.6 is 22.9 Å². The molecular formula is C25H22ClN7OS. The first-order valence-corrected chi connectivity index (χ1v) is 12.2. The number of aryl methyl sites for hydroxylation is 2. The summed E-state index contributed by atoms with van der Waals surface area (Å²) in [7, 11) is 0. The summed E-state index contributed by atoms with van der Waals surface area (Å²) in [6, 6.07) is 7.55. The lowest BCUT2D eigenvalue weighted by Gasteiger charge is -2.09. The third-order valence-electron chi connectivity index (χ3n) is 5.77. The number of carbonyl (C=O) groups is 1. The number of fused-ring (bicyclic) bond motifs is 3. The van der Waals surface area contributed by atoms with Crippen molar-refractivity contribution in [3.05, 3.63) is 80.5 Å². The van der Waals surface area contributed by atoms with Crippen molar-refractivity contribution in [3.8, 4) is 16.8 Å². The lowest BCUT2D eigenvalue weighted by Crippen LogP contribution is -2.13. The van der Waals surface area contributed by atoms with E-state index in [1.165, 1.54) is 0 Å².